The zero-order valence-corrected chi connectivity index (χ0v) is 16.1. The molecule has 1 aliphatic carbocycles. The molecule has 2 fully saturated rings. The molecule has 1 aromatic heterocycles. The summed E-state index contributed by atoms with van der Waals surface area (Å²) in [5.74, 6) is 2.07. The molecule has 2 heterocycles. The van der Waals surface area contributed by atoms with Gasteiger partial charge in [-0.2, -0.15) is 4.98 Å². The van der Waals surface area contributed by atoms with Crippen LogP contribution in [-0.4, -0.2) is 46.7 Å². The van der Waals surface area contributed by atoms with Crippen LogP contribution in [0.4, 0.5) is 0 Å². The third-order valence-corrected chi connectivity index (χ3v) is 5.22. The highest BCUT2D eigenvalue weighted by atomic mass is 16.5. The molecule has 1 aliphatic heterocycles. The first-order valence-electron chi connectivity index (χ1n) is 9.90. The Hall–Kier alpha value is -2.21. The van der Waals surface area contributed by atoms with Crippen LogP contribution in [0.1, 0.15) is 64.8 Å². The van der Waals surface area contributed by atoms with Gasteiger partial charge in [-0.3, -0.25) is 4.79 Å². The lowest BCUT2D eigenvalue weighted by molar-refractivity contribution is 0.00251. The number of rotatable bonds is 6. The molecule has 6 nitrogen and oxygen atoms in total. The smallest absolute Gasteiger partial charge is 0.253 e. The van der Waals surface area contributed by atoms with Gasteiger partial charge >= 0.3 is 0 Å². The van der Waals surface area contributed by atoms with Crippen LogP contribution in [0.25, 0.3) is 0 Å². The Labute approximate surface area is 159 Å². The van der Waals surface area contributed by atoms with E-state index in [1.807, 2.05) is 30.9 Å². The van der Waals surface area contributed by atoms with Gasteiger partial charge < -0.3 is 14.2 Å². The van der Waals surface area contributed by atoms with Gasteiger partial charge in [0.2, 0.25) is 5.89 Å². The molecule has 144 valence electrons. The second kappa shape index (κ2) is 7.80. The molecule has 0 N–H and O–H groups in total. The minimum Gasteiger partial charge on any atom is -0.376 e. The molecule has 0 radical (unpaired) electrons. The van der Waals surface area contributed by atoms with E-state index in [1.54, 1.807) is 0 Å². The quantitative estimate of drug-likeness (QED) is 0.780. The lowest BCUT2D eigenvalue weighted by atomic mass is 10.0. The topological polar surface area (TPSA) is 68.5 Å². The molecule has 1 aromatic carbocycles. The van der Waals surface area contributed by atoms with Gasteiger partial charge in [0, 0.05) is 31.0 Å². The summed E-state index contributed by atoms with van der Waals surface area (Å²) in [6.45, 7) is 6.05. The van der Waals surface area contributed by atoms with Gasteiger partial charge in [0.15, 0.2) is 5.82 Å². The Morgan fingerprint density at radius 3 is 2.74 bits per heavy atom. The van der Waals surface area contributed by atoms with Crippen LogP contribution in [0, 0.1) is 13.8 Å². The summed E-state index contributed by atoms with van der Waals surface area (Å²) >= 11 is 0. The molecule has 1 amide bonds. The largest absolute Gasteiger partial charge is 0.376 e. The maximum absolute atomic E-state index is 12.9. The Morgan fingerprint density at radius 2 is 2.00 bits per heavy atom. The predicted molar refractivity (Wildman–Crippen MR) is 101 cm³/mol. The first-order valence-corrected chi connectivity index (χ1v) is 9.90. The van der Waals surface area contributed by atoms with E-state index in [0.29, 0.717) is 25.5 Å². The lowest BCUT2D eigenvalue weighted by Crippen LogP contribution is -2.43. The maximum Gasteiger partial charge on any atom is 0.253 e. The highest BCUT2D eigenvalue weighted by Crippen LogP contribution is 2.38. The summed E-state index contributed by atoms with van der Waals surface area (Å²) in [4.78, 5) is 19.2. The van der Waals surface area contributed by atoms with E-state index in [-0.39, 0.29) is 12.0 Å². The molecular weight excluding hydrogens is 342 g/mol. The van der Waals surface area contributed by atoms with Crippen molar-refractivity contribution in [2.24, 2.45) is 0 Å². The summed E-state index contributed by atoms with van der Waals surface area (Å²) in [5.41, 5.74) is 3.01. The number of hydrogen-bond donors (Lipinski definition) is 0. The van der Waals surface area contributed by atoms with E-state index in [4.69, 9.17) is 9.26 Å². The normalized spacial score (nSPS) is 20.1. The maximum atomic E-state index is 12.9. The van der Waals surface area contributed by atoms with Crippen molar-refractivity contribution < 1.29 is 14.1 Å². The van der Waals surface area contributed by atoms with Crippen molar-refractivity contribution in [3.8, 4) is 0 Å². The third kappa shape index (κ3) is 4.56. The number of amides is 1. The van der Waals surface area contributed by atoms with Crippen LogP contribution >= 0.6 is 0 Å². The highest BCUT2D eigenvalue weighted by Gasteiger charge is 2.29. The predicted octanol–water partition coefficient (Wildman–Crippen LogP) is 3.43. The van der Waals surface area contributed by atoms with Gasteiger partial charge in [-0.15, -0.1) is 0 Å². The summed E-state index contributed by atoms with van der Waals surface area (Å²) in [7, 11) is 0. The van der Waals surface area contributed by atoms with E-state index in [2.05, 4.69) is 16.2 Å². The minimum atomic E-state index is 0.0726. The van der Waals surface area contributed by atoms with E-state index in [1.165, 1.54) is 0 Å². The summed E-state index contributed by atoms with van der Waals surface area (Å²) in [6.07, 6.45) is 4.99. The molecule has 0 spiro atoms. The first-order chi connectivity index (χ1) is 13.1. The monoisotopic (exact) mass is 369 g/mol. The van der Waals surface area contributed by atoms with Crippen LogP contribution < -0.4 is 0 Å². The highest BCUT2D eigenvalue weighted by molar-refractivity contribution is 5.94. The van der Waals surface area contributed by atoms with Gasteiger partial charge in [-0.25, -0.2) is 0 Å². The molecule has 1 atom stereocenters. The van der Waals surface area contributed by atoms with Gasteiger partial charge in [-0.1, -0.05) is 22.3 Å². The first kappa shape index (κ1) is 18.2. The molecule has 4 rings (SSSR count). The molecule has 0 bridgehead atoms. The Kier molecular flexibility index (Phi) is 5.25. The second-order valence-electron chi connectivity index (χ2n) is 7.84. The van der Waals surface area contributed by atoms with Crippen molar-refractivity contribution >= 4 is 5.91 Å². The number of carbonyl (C=O) groups is 1. The molecular formula is C21H27N3O3. The van der Waals surface area contributed by atoms with Crippen LogP contribution in [-0.2, 0) is 11.2 Å². The number of ether oxygens (including phenoxy) is 1. The number of likely N-dealkylation sites (tertiary alicyclic amines) is 1. The molecule has 2 aliphatic rings. The Balaban J connectivity index is 1.28. The number of carbonyl (C=O) groups excluding carboxylic acids is 1. The Morgan fingerprint density at radius 1 is 1.22 bits per heavy atom. The van der Waals surface area contributed by atoms with Crippen molar-refractivity contribution in [2.75, 3.05) is 19.7 Å². The van der Waals surface area contributed by atoms with Crippen molar-refractivity contribution in [2.45, 2.75) is 58.0 Å². The molecule has 6 heteroatoms. The lowest BCUT2D eigenvalue weighted by Gasteiger charge is -2.32. The van der Waals surface area contributed by atoms with E-state index in [9.17, 15) is 4.79 Å². The average molecular weight is 369 g/mol. The molecule has 1 unspecified atom stereocenters. The second-order valence-corrected chi connectivity index (χ2v) is 7.84. The van der Waals surface area contributed by atoms with Crippen LogP contribution in [0.5, 0.6) is 0 Å². The fraction of sp³-hybridized carbons (Fsp3) is 0.571. The molecule has 1 saturated heterocycles. The SMILES string of the molecule is Cc1cc(C)cc(C(=O)N2CCCC(OCCc3noc(C4CC4)n3)C2)c1. The van der Waals surface area contributed by atoms with Gasteiger partial charge in [0.05, 0.1) is 12.7 Å². The zero-order valence-electron chi connectivity index (χ0n) is 16.1. The summed E-state index contributed by atoms with van der Waals surface area (Å²) in [6, 6.07) is 6.02. The van der Waals surface area contributed by atoms with Gasteiger partial charge in [0.25, 0.3) is 5.91 Å². The fourth-order valence-corrected chi connectivity index (χ4v) is 3.72. The van der Waals surface area contributed by atoms with Gasteiger partial charge in [0.1, 0.15) is 0 Å². The molecule has 1 saturated carbocycles. The van der Waals surface area contributed by atoms with Crippen LogP contribution in [0.15, 0.2) is 22.7 Å². The zero-order chi connectivity index (χ0) is 18.8. The van der Waals surface area contributed by atoms with Crippen molar-refractivity contribution in [1.82, 2.24) is 15.0 Å². The fourth-order valence-electron chi connectivity index (χ4n) is 3.72. The number of hydrogen-bond acceptors (Lipinski definition) is 5. The summed E-state index contributed by atoms with van der Waals surface area (Å²) < 4.78 is 11.3. The number of aromatic nitrogens is 2. The standard InChI is InChI=1S/C21H27N3O3/c1-14-10-15(2)12-17(11-14)21(25)24-8-3-4-18(13-24)26-9-7-19-22-20(27-23-19)16-5-6-16/h10-12,16,18H,3-9,13H2,1-2H3. The van der Waals surface area contributed by atoms with Crippen molar-refractivity contribution in [3.05, 3.63) is 46.6 Å². The van der Waals surface area contributed by atoms with Crippen molar-refractivity contribution in [3.63, 3.8) is 0 Å². The average Bonchev–Trinajstić information content (AvgIpc) is 3.40. The van der Waals surface area contributed by atoms with E-state index >= 15 is 0 Å². The van der Waals surface area contributed by atoms with E-state index in [0.717, 1.165) is 60.6 Å². The van der Waals surface area contributed by atoms with Crippen LogP contribution in [0.3, 0.4) is 0 Å². The molecule has 27 heavy (non-hydrogen) atoms. The number of benzene rings is 1. The number of piperidine rings is 1. The summed E-state index contributed by atoms with van der Waals surface area (Å²) in [5, 5.41) is 4.03. The number of aryl methyl sites for hydroxylation is 2. The van der Waals surface area contributed by atoms with Crippen LogP contribution in [0.2, 0.25) is 0 Å². The van der Waals surface area contributed by atoms with Crippen molar-refractivity contribution in [1.29, 1.82) is 0 Å². The third-order valence-electron chi connectivity index (χ3n) is 5.22. The number of nitrogens with zero attached hydrogens (tertiary/aromatic N) is 3. The Bertz CT molecular complexity index is 793. The van der Waals surface area contributed by atoms with Gasteiger partial charge in [-0.05, 0) is 51.7 Å². The van der Waals surface area contributed by atoms with E-state index < -0.39 is 0 Å². The minimum absolute atomic E-state index is 0.0726. The molecule has 2 aromatic rings.